The molecule has 6 heteroatoms. The highest BCUT2D eigenvalue weighted by Gasteiger charge is 2.23. The van der Waals surface area contributed by atoms with E-state index in [9.17, 15) is 9.59 Å². The van der Waals surface area contributed by atoms with Crippen molar-refractivity contribution in [2.45, 2.75) is 13.0 Å². The third-order valence-corrected chi connectivity index (χ3v) is 2.73. The molecule has 64 valence electrons. The molecule has 0 heterocycles. The Bertz CT molecular complexity index is 175. The number of rotatable bonds is 3. The van der Waals surface area contributed by atoms with Crippen LogP contribution in [0.2, 0.25) is 0 Å². The smallest absolute Gasteiger partial charge is 0.328 e. The van der Waals surface area contributed by atoms with Gasteiger partial charge < -0.3 is 5.11 Å². The average molecular weight is 289 g/mol. The number of halogens is 1. The van der Waals surface area contributed by atoms with E-state index in [-0.39, 0.29) is 11.7 Å². The number of carboxylic acids is 1. The second-order valence-corrected chi connectivity index (χ2v) is 3.27. The van der Waals surface area contributed by atoms with E-state index >= 15 is 0 Å². The van der Waals surface area contributed by atoms with Crippen LogP contribution < -0.4 is 0 Å². The maximum atomic E-state index is 10.7. The zero-order chi connectivity index (χ0) is 9.02. The predicted octanol–water partition coefficient (Wildman–Crippen LogP) is 0.568. The molecule has 0 saturated carbocycles. The van der Waals surface area contributed by atoms with Crippen LogP contribution in [-0.4, -0.2) is 31.9 Å². The third-order valence-electron chi connectivity index (χ3n) is 1.03. The van der Waals surface area contributed by atoms with E-state index in [0.717, 1.165) is 3.11 Å². The first-order valence-corrected chi connectivity index (χ1v) is 4.39. The Kier molecular flexibility index (Phi) is 4.82. The quantitative estimate of drug-likeness (QED) is 0.453. The standard InChI is InChI=1S/C5H8INO3S/c1-3(8)7(6)4(2-11)5(9)10/h4,11H,2H2,1H3,(H,9,10). The van der Waals surface area contributed by atoms with Gasteiger partial charge in [-0.1, -0.05) is 0 Å². The highest BCUT2D eigenvalue weighted by atomic mass is 127. The van der Waals surface area contributed by atoms with Gasteiger partial charge in [0.1, 0.15) is 6.04 Å². The number of nitrogens with zero attached hydrogens (tertiary/aromatic N) is 1. The number of amides is 1. The van der Waals surface area contributed by atoms with Gasteiger partial charge in [-0.25, -0.2) is 4.79 Å². The third kappa shape index (κ3) is 3.28. The van der Waals surface area contributed by atoms with E-state index in [1.165, 1.54) is 6.92 Å². The van der Waals surface area contributed by atoms with Gasteiger partial charge in [0, 0.05) is 12.7 Å². The molecule has 0 aromatic carbocycles. The zero-order valence-electron chi connectivity index (χ0n) is 5.82. The minimum atomic E-state index is -1.04. The molecule has 1 amide bonds. The summed E-state index contributed by atoms with van der Waals surface area (Å²) >= 11 is 5.47. The van der Waals surface area contributed by atoms with Gasteiger partial charge in [-0.3, -0.25) is 7.91 Å². The molecule has 4 nitrogen and oxygen atoms in total. The van der Waals surface area contributed by atoms with Gasteiger partial charge in [-0.15, -0.1) is 0 Å². The van der Waals surface area contributed by atoms with Crippen LogP contribution in [0.5, 0.6) is 0 Å². The Morgan fingerprint density at radius 3 is 2.27 bits per heavy atom. The summed E-state index contributed by atoms with van der Waals surface area (Å²) in [5.41, 5.74) is 0. The first-order chi connectivity index (χ1) is 5.00. The Morgan fingerprint density at radius 1 is 1.73 bits per heavy atom. The maximum absolute atomic E-state index is 10.7. The Hall–Kier alpha value is 0.0200. The molecule has 0 radical (unpaired) electrons. The molecular formula is C5H8INO3S. The van der Waals surface area contributed by atoms with Crippen LogP contribution in [-0.2, 0) is 9.59 Å². The largest absolute Gasteiger partial charge is 0.480 e. The summed E-state index contributed by atoms with van der Waals surface area (Å²) in [6, 6.07) is -0.837. The van der Waals surface area contributed by atoms with Gasteiger partial charge in [0.05, 0.1) is 22.9 Å². The lowest BCUT2D eigenvalue weighted by Crippen LogP contribution is -2.38. The molecule has 0 saturated heterocycles. The summed E-state index contributed by atoms with van der Waals surface area (Å²) in [6.45, 7) is 1.31. The molecule has 0 bridgehead atoms. The van der Waals surface area contributed by atoms with Gasteiger partial charge >= 0.3 is 5.97 Å². The van der Waals surface area contributed by atoms with Crippen molar-refractivity contribution in [1.29, 1.82) is 0 Å². The molecular weight excluding hydrogens is 281 g/mol. The fourth-order valence-corrected chi connectivity index (χ4v) is 1.53. The van der Waals surface area contributed by atoms with Crippen molar-refractivity contribution in [3.63, 3.8) is 0 Å². The van der Waals surface area contributed by atoms with E-state index < -0.39 is 12.0 Å². The lowest BCUT2D eigenvalue weighted by molar-refractivity contribution is -0.143. The monoisotopic (exact) mass is 289 g/mol. The number of carbonyl (C=O) groups excluding carboxylic acids is 1. The number of thiol groups is 1. The van der Waals surface area contributed by atoms with Crippen LogP contribution in [0.4, 0.5) is 0 Å². The molecule has 0 aromatic heterocycles. The summed E-state index contributed by atoms with van der Waals surface area (Å²) in [5.74, 6) is -1.20. The van der Waals surface area contributed by atoms with E-state index in [2.05, 4.69) is 12.6 Å². The number of hydrogen-bond donors (Lipinski definition) is 2. The van der Waals surface area contributed by atoms with Gasteiger partial charge in [0.2, 0.25) is 5.91 Å². The predicted molar refractivity (Wildman–Crippen MR) is 51.8 cm³/mol. The lowest BCUT2D eigenvalue weighted by atomic mass is 10.3. The number of carboxylic acid groups (broad SMARTS) is 1. The van der Waals surface area contributed by atoms with Gasteiger partial charge in [-0.05, 0) is 0 Å². The molecule has 1 atom stereocenters. The number of carbonyl (C=O) groups is 2. The van der Waals surface area contributed by atoms with E-state index in [1.54, 1.807) is 22.9 Å². The van der Waals surface area contributed by atoms with E-state index in [1.807, 2.05) is 0 Å². The Labute approximate surface area is 83.8 Å². The molecule has 0 rings (SSSR count). The first-order valence-electron chi connectivity index (χ1n) is 2.80. The lowest BCUT2D eigenvalue weighted by Gasteiger charge is -2.18. The maximum Gasteiger partial charge on any atom is 0.328 e. The van der Waals surface area contributed by atoms with Gasteiger partial charge in [0.15, 0.2) is 0 Å². The summed E-state index contributed by atoms with van der Waals surface area (Å²) in [4.78, 5) is 21.1. The summed E-state index contributed by atoms with van der Waals surface area (Å²) in [5, 5.41) is 8.54. The fraction of sp³-hybridized carbons (Fsp3) is 0.600. The number of aliphatic carboxylic acids is 1. The SMILES string of the molecule is CC(=O)N(I)C(CS)C(=O)O. The highest BCUT2D eigenvalue weighted by Crippen LogP contribution is 2.08. The van der Waals surface area contributed by atoms with Crippen molar-refractivity contribution >= 4 is 47.4 Å². The fourth-order valence-electron chi connectivity index (χ4n) is 0.466. The zero-order valence-corrected chi connectivity index (χ0v) is 8.87. The van der Waals surface area contributed by atoms with E-state index in [0.29, 0.717) is 0 Å². The summed E-state index contributed by atoms with van der Waals surface area (Å²) in [7, 11) is 0. The molecule has 0 fully saturated rings. The molecule has 1 unspecified atom stereocenters. The minimum absolute atomic E-state index is 0.123. The van der Waals surface area contributed by atoms with Crippen molar-refractivity contribution in [2.24, 2.45) is 0 Å². The van der Waals surface area contributed by atoms with Gasteiger partial charge in [-0.2, -0.15) is 12.6 Å². The van der Waals surface area contributed by atoms with Crippen LogP contribution in [0, 0.1) is 0 Å². The van der Waals surface area contributed by atoms with Crippen LogP contribution in [0.25, 0.3) is 0 Å². The van der Waals surface area contributed by atoms with Crippen LogP contribution in [0.1, 0.15) is 6.92 Å². The molecule has 0 aliphatic heterocycles. The molecule has 0 aliphatic rings. The van der Waals surface area contributed by atoms with Gasteiger partial charge in [0.25, 0.3) is 0 Å². The van der Waals surface area contributed by atoms with Crippen molar-refractivity contribution in [1.82, 2.24) is 3.11 Å². The van der Waals surface area contributed by atoms with Crippen LogP contribution in [0.15, 0.2) is 0 Å². The van der Waals surface area contributed by atoms with Crippen LogP contribution >= 0.6 is 35.5 Å². The summed E-state index contributed by atoms with van der Waals surface area (Å²) in [6.07, 6.45) is 0. The van der Waals surface area contributed by atoms with Crippen molar-refractivity contribution in [3.05, 3.63) is 0 Å². The van der Waals surface area contributed by atoms with Crippen molar-refractivity contribution in [2.75, 3.05) is 5.75 Å². The molecule has 0 aromatic rings. The molecule has 0 aliphatic carbocycles. The second-order valence-electron chi connectivity index (χ2n) is 1.87. The number of hydrogen-bond acceptors (Lipinski definition) is 3. The Morgan fingerprint density at radius 2 is 2.18 bits per heavy atom. The normalized spacial score (nSPS) is 12.3. The molecule has 11 heavy (non-hydrogen) atoms. The first kappa shape index (κ1) is 11.0. The minimum Gasteiger partial charge on any atom is -0.480 e. The average Bonchev–Trinajstić information content (AvgIpc) is 1.88. The Balaban J connectivity index is 4.25. The van der Waals surface area contributed by atoms with Crippen molar-refractivity contribution < 1.29 is 14.7 Å². The molecule has 0 spiro atoms. The summed E-state index contributed by atoms with van der Waals surface area (Å²) < 4.78 is 1.12. The van der Waals surface area contributed by atoms with Crippen LogP contribution in [0.3, 0.4) is 0 Å². The van der Waals surface area contributed by atoms with Crippen molar-refractivity contribution in [3.8, 4) is 0 Å². The second kappa shape index (κ2) is 4.81. The topological polar surface area (TPSA) is 57.6 Å². The van der Waals surface area contributed by atoms with E-state index in [4.69, 9.17) is 5.11 Å². The highest BCUT2D eigenvalue weighted by molar-refractivity contribution is 14.1. The molecule has 1 N–H and O–H groups in total.